The number of thiophene rings is 2. The Balaban J connectivity index is 1.38. The molecule has 0 atom stereocenters. The van der Waals surface area contributed by atoms with Crippen LogP contribution < -0.4 is 5.73 Å². The number of amides is 2. The highest BCUT2D eigenvalue weighted by atomic mass is 32.1. The van der Waals surface area contributed by atoms with Gasteiger partial charge in [0.2, 0.25) is 0 Å². The first kappa shape index (κ1) is 17.7. The molecule has 7 nitrogen and oxygen atoms in total. The van der Waals surface area contributed by atoms with E-state index < -0.39 is 5.91 Å². The molecule has 5 heterocycles. The summed E-state index contributed by atoms with van der Waals surface area (Å²) in [6.45, 7) is 1.04. The minimum atomic E-state index is -0.435. The molecule has 0 spiro atoms. The first-order valence-corrected chi connectivity index (χ1v) is 10.5. The number of aromatic amines is 1. The van der Waals surface area contributed by atoms with Gasteiger partial charge in [-0.3, -0.25) is 9.59 Å². The number of nitrogens with two attached hydrogens (primary N) is 1. The predicted octanol–water partition coefficient (Wildman–Crippen LogP) is 3.72. The number of nitrogens with zero attached hydrogens (tertiary/aromatic N) is 2. The van der Waals surface area contributed by atoms with Gasteiger partial charge in [0, 0.05) is 30.1 Å². The van der Waals surface area contributed by atoms with Crippen molar-refractivity contribution in [1.29, 1.82) is 5.26 Å². The van der Waals surface area contributed by atoms with Crippen molar-refractivity contribution in [3.8, 4) is 16.7 Å². The molecule has 0 radical (unpaired) electrons. The maximum Gasteiger partial charge on any atom is 0.270 e. The Hall–Kier alpha value is -3.35. The minimum absolute atomic E-state index is 0.113. The van der Waals surface area contributed by atoms with Crippen LogP contribution in [-0.2, 0) is 13.0 Å². The lowest BCUT2D eigenvalue weighted by molar-refractivity contribution is 0.0730. The number of hydrogen-bond acceptors (Lipinski definition) is 6. The lowest BCUT2D eigenvalue weighted by Gasteiger charge is -2.26. The van der Waals surface area contributed by atoms with Crippen LogP contribution in [0.15, 0.2) is 34.7 Å². The molecule has 0 fully saturated rings. The van der Waals surface area contributed by atoms with Gasteiger partial charge < -0.3 is 20.0 Å². The maximum absolute atomic E-state index is 12.9. The van der Waals surface area contributed by atoms with Gasteiger partial charge in [0.15, 0.2) is 5.58 Å². The van der Waals surface area contributed by atoms with Crippen LogP contribution >= 0.6 is 22.7 Å². The highest BCUT2D eigenvalue weighted by Crippen LogP contribution is 2.33. The summed E-state index contributed by atoms with van der Waals surface area (Å²) in [5, 5.41) is 8.97. The first-order chi connectivity index (χ1) is 14.0. The second-order valence-corrected chi connectivity index (χ2v) is 8.97. The summed E-state index contributed by atoms with van der Waals surface area (Å²) >= 11 is 2.77. The van der Waals surface area contributed by atoms with E-state index in [9.17, 15) is 9.59 Å². The lowest BCUT2D eigenvalue weighted by atomic mass is 10.1. The van der Waals surface area contributed by atoms with Crippen molar-refractivity contribution in [2.24, 2.45) is 5.73 Å². The van der Waals surface area contributed by atoms with E-state index in [4.69, 9.17) is 15.4 Å². The largest absolute Gasteiger partial charge is 0.454 e. The Morgan fingerprint density at radius 2 is 2.10 bits per heavy atom. The number of H-pyrrole nitrogens is 1. The molecule has 2 amide bonds. The number of nitriles is 1. The second-order valence-electron chi connectivity index (χ2n) is 6.75. The smallest absolute Gasteiger partial charge is 0.270 e. The second kappa shape index (κ2) is 6.62. The van der Waals surface area contributed by atoms with E-state index in [1.165, 1.54) is 22.7 Å². The molecule has 3 N–H and O–H groups in total. The van der Waals surface area contributed by atoms with E-state index in [0.717, 1.165) is 20.8 Å². The summed E-state index contributed by atoms with van der Waals surface area (Å²) < 4.78 is 5.87. The third kappa shape index (κ3) is 3.03. The molecule has 1 aliphatic rings. The molecular weight excluding hydrogens is 408 g/mol. The van der Waals surface area contributed by atoms with Crippen LogP contribution in [0, 0.1) is 11.3 Å². The van der Waals surface area contributed by atoms with Crippen molar-refractivity contribution in [2.45, 2.75) is 13.0 Å². The van der Waals surface area contributed by atoms with Crippen LogP contribution in [0.3, 0.4) is 0 Å². The molecule has 1 aliphatic heterocycles. The summed E-state index contributed by atoms with van der Waals surface area (Å²) in [4.78, 5) is 32.4. The SMILES string of the molecule is N#Cc1ccc(-c2cc3[nH]c(C(=O)N4CCc5sc(C(N)=O)cc5C4)cc3o2)s1. The van der Waals surface area contributed by atoms with Crippen molar-refractivity contribution in [2.75, 3.05) is 6.54 Å². The molecule has 0 bridgehead atoms. The fourth-order valence-corrected chi connectivity index (χ4v) is 5.26. The number of nitrogens with one attached hydrogen (secondary N) is 1. The maximum atomic E-state index is 12.9. The summed E-state index contributed by atoms with van der Waals surface area (Å²) in [5.74, 6) is 0.116. The average Bonchev–Trinajstić information content (AvgIpc) is 3.47. The number of furan rings is 1. The topological polar surface area (TPSA) is 116 Å². The molecular formula is C20H14N4O3S2. The van der Waals surface area contributed by atoms with Gasteiger partial charge in [0.05, 0.1) is 15.3 Å². The molecule has 0 saturated carbocycles. The van der Waals surface area contributed by atoms with Crippen LogP contribution in [0.4, 0.5) is 0 Å². The van der Waals surface area contributed by atoms with E-state index in [0.29, 0.717) is 46.3 Å². The molecule has 144 valence electrons. The molecule has 0 unspecified atom stereocenters. The third-order valence-electron chi connectivity index (χ3n) is 4.89. The zero-order chi connectivity index (χ0) is 20.1. The third-order valence-corrected chi connectivity index (χ3v) is 7.15. The number of carbonyl (C=O) groups excluding carboxylic acids is 2. The highest BCUT2D eigenvalue weighted by molar-refractivity contribution is 7.16. The molecule has 0 aliphatic carbocycles. The number of rotatable bonds is 3. The number of carbonyl (C=O) groups is 2. The van der Waals surface area contributed by atoms with Crippen LogP contribution in [0.25, 0.3) is 21.7 Å². The Bertz CT molecular complexity index is 1290. The average molecular weight is 422 g/mol. The minimum Gasteiger partial charge on any atom is -0.454 e. The summed E-state index contributed by atoms with van der Waals surface area (Å²) in [6.07, 6.45) is 0.708. The first-order valence-electron chi connectivity index (χ1n) is 8.85. The van der Waals surface area contributed by atoms with Crippen LogP contribution in [0.5, 0.6) is 0 Å². The monoisotopic (exact) mass is 422 g/mol. The van der Waals surface area contributed by atoms with E-state index >= 15 is 0 Å². The van der Waals surface area contributed by atoms with Crippen molar-refractivity contribution in [3.63, 3.8) is 0 Å². The number of fused-ring (bicyclic) bond motifs is 2. The van der Waals surface area contributed by atoms with Gasteiger partial charge >= 0.3 is 0 Å². The van der Waals surface area contributed by atoms with E-state index in [2.05, 4.69) is 11.1 Å². The zero-order valence-corrected chi connectivity index (χ0v) is 16.7. The number of hydrogen-bond donors (Lipinski definition) is 2. The zero-order valence-electron chi connectivity index (χ0n) is 15.0. The van der Waals surface area contributed by atoms with Crippen LogP contribution in [0.2, 0.25) is 0 Å². The van der Waals surface area contributed by atoms with Gasteiger partial charge in [-0.05, 0) is 30.2 Å². The molecule has 4 aromatic rings. The predicted molar refractivity (Wildman–Crippen MR) is 110 cm³/mol. The van der Waals surface area contributed by atoms with Crippen LogP contribution in [0.1, 0.15) is 35.5 Å². The Morgan fingerprint density at radius 3 is 2.83 bits per heavy atom. The molecule has 0 saturated heterocycles. The van der Waals surface area contributed by atoms with Gasteiger partial charge in [-0.2, -0.15) is 5.26 Å². The standard InChI is InChI=1S/C20H14N4O3S2/c21-8-11-1-2-17(28-11)15-6-12-14(27-15)7-13(23-12)20(26)24-4-3-16-10(9-24)5-18(29-16)19(22)25/h1-2,5-7,23H,3-4,9H2,(H2,22,25). The molecule has 29 heavy (non-hydrogen) atoms. The van der Waals surface area contributed by atoms with Gasteiger partial charge in [-0.1, -0.05) is 0 Å². The Morgan fingerprint density at radius 1 is 1.24 bits per heavy atom. The van der Waals surface area contributed by atoms with Crippen LogP contribution in [-0.4, -0.2) is 28.2 Å². The van der Waals surface area contributed by atoms with E-state index in [1.807, 2.05) is 12.1 Å². The molecule has 0 aromatic carbocycles. The number of primary amides is 1. The quantitative estimate of drug-likeness (QED) is 0.523. The Kier molecular flexibility index (Phi) is 4.04. The van der Waals surface area contributed by atoms with E-state index in [1.54, 1.807) is 23.1 Å². The van der Waals surface area contributed by atoms with Gasteiger partial charge in [-0.25, -0.2) is 0 Å². The van der Waals surface area contributed by atoms with Crippen molar-refractivity contribution in [1.82, 2.24) is 9.88 Å². The van der Waals surface area contributed by atoms with Crippen molar-refractivity contribution < 1.29 is 14.0 Å². The van der Waals surface area contributed by atoms with Gasteiger partial charge in [0.25, 0.3) is 11.8 Å². The van der Waals surface area contributed by atoms with Crippen molar-refractivity contribution >= 4 is 45.6 Å². The highest BCUT2D eigenvalue weighted by Gasteiger charge is 2.26. The number of aromatic nitrogens is 1. The normalized spacial score (nSPS) is 13.4. The molecule has 4 aromatic heterocycles. The summed E-state index contributed by atoms with van der Waals surface area (Å²) in [6, 6.07) is 11.0. The van der Waals surface area contributed by atoms with Gasteiger partial charge in [-0.15, -0.1) is 22.7 Å². The summed E-state index contributed by atoms with van der Waals surface area (Å²) in [5.41, 5.74) is 8.14. The van der Waals surface area contributed by atoms with Gasteiger partial charge in [0.1, 0.15) is 22.4 Å². The molecule has 5 rings (SSSR count). The fourth-order valence-electron chi connectivity index (χ4n) is 3.49. The fraction of sp³-hybridized carbons (Fsp3) is 0.150. The van der Waals surface area contributed by atoms with E-state index in [-0.39, 0.29) is 5.91 Å². The lowest BCUT2D eigenvalue weighted by Crippen LogP contribution is -2.35. The molecule has 9 heteroatoms. The van der Waals surface area contributed by atoms with Crippen molar-refractivity contribution in [3.05, 3.63) is 56.2 Å². The summed E-state index contributed by atoms with van der Waals surface area (Å²) in [7, 11) is 0. The Labute approximate surface area is 173 Å².